The average Bonchev–Trinajstić information content (AvgIpc) is 2.18. The van der Waals surface area contributed by atoms with E-state index in [9.17, 15) is 4.79 Å². The molecule has 0 N–H and O–H groups in total. The van der Waals surface area contributed by atoms with Crippen LogP contribution in [0.5, 0.6) is 0 Å². The Morgan fingerprint density at radius 3 is 1.93 bits per heavy atom. The molecule has 0 amide bonds. The Kier molecular flexibility index (Phi) is 5.55. The number of nitrogens with zero attached hydrogens (tertiary/aromatic N) is 1. The normalized spacial score (nSPS) is 12.1. The van der Waals surface area contributed by atoms with Crippen molar-refractivity contribution >= 4 is 5.78 Å². The van der Waals surface area contributed by atoms with Gasteiger partial charge < -0.3 is 0 Å². The van der Waals surface area contributed by atoms with Gasteiger partial charge in [0.15, 0.2) is 5.78 Å². The molecule has 0 spiro atoms. The maximum atomic E-state index is 11.4. The molecule has 2 nitrogen and oxygen atoms in total. The van der Waals surface area contributed by atoms with E-state index >= 15 is 0 Å². The molecule has 0 aromatic rings. The van der Waals surface area contributed by atoms with Crippen LogP contribution in [0.25, 0.3) is 0 Å². The van der Waals surface area contributed by atoms with Gasteiger partial charge in [-0.2, -0.15) is 5.26 Å². The molecule has 0 radical (unpaired) electrons. The smallest absolute Gasteiger partial charge is 0.150 e. The van der Waals surface area contributed by atoms with Crippen molar-refractivity contribution in [2.75, 3.05) is 0 Å². The monoisotopic (exact) mass is 191 g/mol. The van der Waals surface area contributed by atoms with E-state index in [2.05, 4.69) is 6.07 Å². The molecule has 2 heteroatoms. The number of ketones is 1. The third-order valence-electron chi connectivity index (χ3n) is 2.29. The first-order valence-corrected chi connectivity index (χ1v) is 4.77. The van der Waals surface area contributed by atoms with E-state index in [1.807, 2.05) is 38.2 Å². The Morgan fingerprint density at radius 1 is 1.29 bits per heavy atom. The van der Waals surface area contributed by atoms with Gasteiger partial charge in [-0.1, -0.05) is 24.3 Å². The lowest BCUT2D eigenvalue weighted by Gasteiger charge is -2.19. The van der Waals surface area contributed by atoms with Crippen LogP contribution in [0.4, 0.5) is 0 Å². The van der Waals surface area contributed by atoms with E-state index < -0.39 is 5.41 Å². The van der Waals surface area contributed by atoms with E-state index in [1.165, 1.54) is 6.92 Å². The lowest BCUT2D eigenvalue weighted by Crippen LogP contribution is -2.26. The molecule has 0 bridgehead atoms. The van der Waals surface area contributed by atoms with Crippen molar-refractivity contribution < 1.29 is 4.79 Å². The molecule has 0 rings (SSSR count). The summed E-state index contributed by atoms with van der Waals surface area (Å²) in [5, 5.41) is 9.06. The van der Waals surface area contributed by atoms with Crippen molar-refractivity contribution in [2.45, 2.75) is 33.6 Å². The van der Waals surface area contributed by atoms with Gasteiger partial charge in [-0.3, -0.25) is 4.79 Å². The van der Waals surface area contributed by atoms with Gasteiger partial charge in [-0.25, -0.2) is 0 Å². The Morgan fingerprint density at radius 2 is 1.71 bits per heavy atom. The zero-order valence-electron chi connectivity index (χ0n) is 9.08. The molecule has 0 heterocycles. The zero-order chi connectivity index (χ0) is 11.0. The van der Waals surface area contributed by atoms with Gasteiger partial charge in [0.25, 0.3) is 0 Å². The van der Waals surface area contributed by atoms with Crippen molar-refractivity contribution in [3.8, 4) is 6.07 Å². The minimum Gasteiger partial charge on any atom is -0.298 e. The molecule has 0 aliphatic carbocycles. The van der Waals surface area contributed by atoms with Crippen LogP contribution in [0.1, 0.15) is 33.6 Å². The Labute approximate surface area is 85.9 Å². The largest absolute Gasteiger partial charge is 0.298 e. The Balaban J connectivity index is 4.80. The molecule has 0 saturated carbocycles. The van der Waals surface area contributed by atoms with E-state index in [4.69, 9.17) is 5.26 Å². The molecule has 14 heavy (non-hydrogen) atoms. The summed E-state index contributed by atoms with van der Waals surface area (Å²) in [7, 11) is 0. The summed E-state index contributed by atoms with van der Waals surface area (Å²) in [6.45, 7) is 5.26. The first kappa shape index (κ1) is 12.6. The second-order valence-corrected chi connectivity index (χ2v) is 3.30. The highest BCUT2D eigenvalue weighted by Crippen LogP contribution is 2.28. The second-order valence-electron chi connectivity index (χ2n) is 3.30. The lowest BCUT2D eigenvalue weighted by atomic mass is 9.79. The zero-order valence-corrected chi connectivity index (χ0v) is 9.08. The van der Waals surface area contributed by atoms with Crippen molar-refractivity contribution in [2.24, 2.45) is 5.41 Å². The molecule has 0 aromatic carbocycles. The SMILES string of the molecule is C/C=C/CC(C#N)(C/C=C/C)C(C)=O. The van der Waals surface area contributed by atoms with Crippen molar-refractivity contribution in [3.63, 3.8) is 0 Å². The molecule has 0 aliphatic rings. The van der Waals surface area contributed by atoms with Crippen LogP contribution in [0.15, 0.2) is 24.3 Å². The molecule has 76 valence electrons. The van der Waals surface area contributed by atoms with E-state index in [1.54, 1.807) is 0 Å². The van der Waals surface area contributed by atoms with E-state index in [0.717, 1.165) is 0 Å². The number of nitriles is 1. The first-order chi connectivity index (χ1) is 6.63. The predicted molar refractivity (Wildman–Crippen MR) is 57.6 cm³/mol. The van der Waals surface area contributed by atoms with Crippen LogP contribution < -0.4 is 0 Å². The molecule has 0 unspecified atom stereocenters. The number of rotatable bonds is 5. The van der Waals surface area contributed by atoms with Crippen LogP contribution in [-0.2, 0) is 4.79 Å². The number of hydrogen-bond donors (Lipinski definition) is 0. The average molecular weight is 191 g/mol. The minimum absolute atomic E-state index is 0.0591. The van der Waals surface area contributed by atoms with Crippen LogP contribution in [0, 0.1) is 16.7 Å². The maximum Gasteiger partial charge on any atom is 0.150 e. The summed E-state index contributed by atoms with van der Waals surface area (Å²) in [4.78, 5) is 11.4. The fraction of sp³-hybridized carbons (Fsp3) is 0.500. The summed E-state index contributed by atoms with van der Waals surface area (Å²) in [6, 6.07) is 2.13. The molecular weight excluding hydrogens is 174 g/mol. The number of carbonyl (C=O) groups is 1. The van der Waals surface area contributed by atoms with Crippen LogP contribution in [-0.4, -0.2) is 5.78 Å². The number of hydrogen-bond acceptors (Lipinski definition) is 2. The summed E-state index contributed by atoms with van der Waals surface area (Å²) in [5.41, 5.74) is -0.862. The second kappa shape index (κ2) is 6.15. The van der Waals surface area contributed by atoms with Gasteiger partial charge >= 0.3 is 0 Å². The molecule has 0 atom stereocenters. The number of Topliss-reactive ketones (excluding diaryl/α,β-unsaturated/α-hetero) is 1. The number of allylic oxidation sites excluding steroid dienone is 4. The van der Waals surface area contributed by atoms with Crippen LogP contribution >= 0.6 is 0 Å². The van der Waals surface area contributed by atoms with Gasteiger partial charge in [0.2, 0.25) is 0 Å². The third kappa shape index (κ3) is 3.18. The summed E-state index contributed by atoms with van der Waals surface area (Å²) < 4.78 is 0. The van der Waals surface area contributed by atoms with Gasteiger partial charge in [-0.05, 0) is 33.6 Å². The Hall–Kier alpha value is -1.36. The van der Waals surface area contributed by atoms with Crippen molar-refractivity contribution in [1.29, 1.82) is 5.26 Å². The van der Waals surface area contributed by atoms with E-state index in [0.29, 0.717) is 12.8 Å². The topological polar surface area (TPSA) is 40.9 Å². The molecule has 0 saturated heterocycles. The fourth-order valence-electron chi connectivity index (χ4n) is 1.18. The Bertz CT molecular complexity index is 267. The van der Waals surface area contributed by atoms with Crippen LogP contribution in [0.2, 0.25) is 0 Å². The quantitative estimate of drug-likeness (QED) is 0.627. The lowest BCUT2D eigenvalue weighted by molar-refractivity contribution is -0.123. The summed E-state index contributed by atoms with van der Waals surface area (Å²) in [5.74, 6) is -0.0591. The van der Waals surface area contributed by atoms with Gasteiger partial charge in [0, 0.05) is 0 Å². The van der Waals surface area contributed by atoms with Crippen molar-refractivity contribution in [3.05, 3.63) is 24.3 Å². The minimum atomic E-state index is -0.862. The summed E-state index contributed by atoms with van der Waals surface area (Å²) in [6.07, 6.45) is 8.47. The first-order valence-electron chi connectivity index (χ1n) is 4.77. The van der Waals surface area contributed by atoms with Gasteiger partial charge in [0.05, 0.1) is 6.07 Å². The standard InChI is InChI=1S/C12H17NO/c1-4-6-8-12(10-13,11(3)14)9-7-5-2/h4-7H,8-9H2,1-3H3/b6-4+,7-5+. The molecule has 0 aromatic heterocycles. The fourth-order valence-corrected chi connectivity index (χ4v) is 1.18. The van der Waals surface area contributed by atoms with Gasteiger partial charge in [0.1, 0.15) is 5.41 Å². The molecular formula is C12H17NO. The number of carbonyl (C=O) groups excluding carboxylic acids is 1. The predicted octanol–water partition coefficient (Wildman–Crippen LogP) is 3.02. The van der Waals surface area contributed by atoms with Crippen molar-refractivity contribution in [1.82, 2.24) is 0 Å². The van der Waals surface area contributed by atoms with Gasteiger partial charge in [-0.15, -0.1) is 0 Å². The highest BCUT2D eigenvalue weighted by atomic mass is 16.1. The van der Waals surface area contributed by atoms with Crippen LogP contribution in [0.3, 0.4) is 0 Å². The molecule has 0 aliphatic heterocycles. The molecule has 0 fully saturated rings. The highest BCUT2D eigenvalue weighted by molar-refractivity contribution is 5.85. The highest BCUT2D eigenvalue weighted by Gasteiger charge is 2.32. The maximum absolute atomic E-state index is 11.4. The summed E-state index contributed by atoms with van der Waals surface area (Å²) >= 11 is 0. The van der Waals surface area contributed by atoms with E-state index in [-0.39, 0.29) is 5.78 Å². The third-order valence-corrected chi connectivity index (χ3v) is 2.29.